The summed E-state index contributed by atoms with van der Waals surface area (Å²) in [6.07, 6.45) is 0.764. The lowest BCUT2D eigenvalue weighted by Crippen LogP contribution is -1.84. The molecule has 0 aromatic carbocycles. The van der Waals surface area contributed by atoms with E-state index in [9.17, 15) is 0 Å². The highest BCUT2D eigenvalue weighted by molar-refractivity contribution is 8.00. The minimum Gasteiger partial charge on any atom is -0.424 e. The monoisotopic (exact) mass is 257 g/mol. The van der Waals surface area contributed by atoms with Gasteiger partial charge in [-0.25, -0.2) is 0 Å². The number of hydrogen-bond donors (Lipinski definition) is 1. The van der Waals surface area contributed by atoms with Crippen LogP contribution in [0.3, 0.4) is 0 Å². The van der Waals surface area contributed by atoms with Gasteiger partial charge in [-0.3, -0.25) is 0 Å². The highest BCUT2D eigenvalue weighted by Gasteiger charge is 2.08. The Balaban J connectivity index is 1.91. The molecule has 2 aromatic rings. The van der Waals surface area contributed by atoms with Gasteiger partial charge in [0.2, 0.25) is 16.9 Å². The summed E-state index contributed by atoms with van der Waals surface area (Å²) in [6, 6.07) is 0. The van der Waals surface area contributed by atoms with E-state index in [-0.39, 0.29) is 0 Å². The lowest BCUT2D eigenvalue weighted by atomic mass is 10.5. The molecule has 8 heteroatoms. The molecule has 0 amide bonds. The second kappa shape index (κ2) is 5.26. The summed E-state index contributed by atoms with van der Waals surface area (Å²) in [6.45, 7) is 1.98. The van der Waals surface area contributed by atoms with E-state index < -0.39 is 0 Å². The van der Waals surface area contributed by atoms with Gasteiger partial charge in [-0.15, -0.1) is 20.4 Å². The molecule has 2 heterocycles. The van der Waals surface area contributed by atoms with Gasteiger partial charge in [-0.2, -0.15) is 0 Å². The number of aryl methyl sites for hydroxylation is 1. The molecule has 0 radical (unpaired) electrons. The van der Waals surface area contributed by atoms with E-state index in [0.29, 0.717) is 17.5 Å². The molecule has 0 saturated carbocycles. The topological polar surface area (TPSA) is 76.7 Å². The first-order valence-corrected chi connectivity index (χ1v) is 6.57. The molecule has 0 saturated heterocycles. The zero-order chi connectivity index (χ0) is 11.4. The van der Waals surface area contributed by atoms with Crippen molar-refractivity contribution >= 4 is 28.2 Å². The van der Waals surface area contributed by atoms with Gasteiger partial charge in [0.05, 0.1) is 5.75 Å². The molecule has 16 heavy (non-hydrogen) atoms. The number of nitrogens with zero attached hydrogens (tertiary/aromatic N) is 4. The average Bonchev–Trinajstić information content (AvgIpc) is 2.95. The van der Waals surface area contributed by atoms with E-state index in [2.05, 4.69) is 25.7 Å². The lowest BCUT2D eigenvalue weighted by Gasteiger charge is -1.90. The van der Waals surface area contributed by atoms with E-state index in [1.807, 2.05) is 14.0 Å². The first kappa shape index (κ1) is 11.3. The molecule has 0 aliphatic carbocycles. The van der Waals surface area contributed by atoms with Crippen LogP contribution in [-0.2, 0) is 12.2 Å². The van der Waals surface area contributed by atoms with Crippen LogP contribution in [0.15, 0.2) is 8.76 Å². The Morgan fingerprint density at radius 1 is 1.25 bits per heavy atom. The van der Waals surface area contributed by atoms with Crippen LogP contribution >= 0.6 is 23.1 Å². The Hall–Kier alpha value is -1.15. The Morgan fingerprint density at radius 3 is 2.69 bits per heavy atom. The summed E-state index contributed by atoms with van der Waals surface area (Å²) in [7, 11) is 1.82. The van der Waals surface area contributed by atoms with Gasteiger partial charge >= 0.3 is 0 Å². The number of rotatable bonds is 5. The molecule has 0 fully saturated rings. The molecule has 0 atom stereocenters. The molecule has 0 unspecified atom stereocenters. The zero-order valence-corrected chi connectivity index (χ0v) is 10.6. The highest BCUT2D eigenvalue weighted by Crippen LogP contribution is 2.27. The van der Waals surface area contributed by atoms with Crippen LogP contribution in [0.1, 0.15) is 18.7 Å². The van der Waals surface area contributed by atoms with E-state index >= 15 is 0 Å². The first-order chi connectivity index (χ1) is 7.81. The van der Waals surface area contributed by atoms with Crippen LogP contribution in [-0.4, -0.2) is 27.4 Å². The largest absolute Gasteiger partial charge is 0.424 e. The van der Waals surface area contributed by atoms with Gasteiger partial charge in [0.25, 0.3) is 0 Å². The van der Waals surface area contributed by atoms with Crippen molar-refractivity contribution in [3.63, 3.8) is 0 Å². The molecule has 0 aliphatic heterocycles. The standard InChI is InChI=1S/C8H11N5OS2/c1-3-5-10-11-6(14-5)4-15-8-13-12-7(9-2)16-8/h3-4H2,1-2H3,(H,9,12). The maximum atomic E-state index is 5.39. The summed E-state index contributed by atoms with van der Waals surface area (Å²) >= 11 is 3.05. The summed E-state index contributed by atoms with van der Waals surface area (Å²) in [4.78, 5) is 0. The molecule has 0 spiro atoms. The third-order valence-electron chi connectivity index (χ3n) is 1.75. The maximum absolute atomic E-state index is 5.39. The third kappa shape index (κ3) is 2.70. The van der Waals surface area contributed by atoms with Crippen LogP contribution < -0.4 is 5.32 Å². The van der Waals surface area contributed by atoms with E-state index in [0.717, 1.165) is 15.9 Å². The summed E-state index contributed by atoms with van der Waals surface area (Å²) in [5, 5.41) is 19.5. The highest BCUT2D eigenvalue weighted by atomic mass is 32.2. The average molecular weight is 257 g/mol. The maximum Gasteiger partial charge on any atom is 0.226 e. The minimum atomic E-state index is 0.628. The first-order valence-electron chi connectivity index (χ1n) is 4.77. The van der Waals surface area contributed by atoms with Gasteiger partial charge in [0, 0.05) is 13.5 Å². The van der Waals surface area contributed by atoms with Crippen molar-refractivity contribution in [2.45, 2.75) is 23.4 Å². The van der Waals surface area contributed by atoms with Gasteiger partial charge in [0.15, 0.2) is 4.34 Å². The van der Waals surface area contributed by atoms with E-state index in [1.165, 1.54) is 11.3 Å². The predicted octanol–water partition coefficient (Wildman–Crippen LogP) is 1.82. The van der Waals surface area contributed by atoms with Crippen LogP contribution in [0, 0.1) is 0 Å². The van der Waals surface area contributed by atoms with Gasteiger partial charge in [0.1, 0.15) is 0 Å². The number of nitrogens with one attached hydrogen (secondary N) is 1. The minimum absolute atomic E-state index is 0.628. The smallest absolute Gasteiger partial charge is 0.226 e. The molecule has 86 valence electrons. The van der Waals surface area contributed by atoms with Gasteiger partial charge < -0.3 is 9.73 Å². The second-order valence-corrected chi connectivity index (χ2v) is 5.05. The second-order valence-electron chi connectivity index (χ2n) is 2.85. The SMILES string of the molecule is CCc1nnc(CSc2nnc(NC)s2)o1. The quantitative estimate of drug-likeness (QED) is 0.818. The third-order valence-corrected chi connectivity index (χ3v) is 3.81. The zero-order valence-electron chi connectivity index (χ0n) is 8.93. The fourth-order valence-corrected chi connectivity index (χ4v) is 2.52. The number of thioether (sulfide) groups is 1. The Morgan fingerprint density at radius 2 is 2.06 bits per heavy atom. The predicted molar refractivity (Wildman–Crippen MR) is 62.7 cm³/mol. The molecule has 2 rings (SSSR count). The van der Waals surface area contributed by atoms with E-state index in [4.69, 9.17) is 4.42 Å². The summed E-state index contributed by atoms with van der Waals surface area (Å²) < 4.78 is 6.27. The van der Waals surface area contributed by atoms with Crippen molar-refractivity contribution in [1.29, 1.82) is 0 Å². The molecule has 0 bridgehead atoms. The van der Waals surface area contributed by atoms with Crippen LogP contribution in [0.25, 0.3) is 0 Å². The Bertz CT molecular complexity index is 412. The number of anilines is 1. The molecule has 1 N–H and O–H groups in total. The van der Waals surface area contributed by atoms with Crippen molar-refractivity contribution in [2.75, 3.05) is 12.4 Å². The van der Waals surface area contributed by atoms with Crippen molar-refractivity contribution in [3.05, 3.63) is 11.8 Å². The fraction of sp³-hybridized carbons (Fsp3) is 0.500. The van der Waals surface area contributed by atoms with Crippen molar-refractivity contribution in [2.24, 2.45) is 0 Å². The van der Waals surface area contributed by atoms with Crippen molar-refractivity contribution in [1.82, 2.24) is 20.4 Å². The molecular weight excluding hydrogens is 246 g/mol. The Kier molecular flexibility index (Phi) is 3.73. The molecule has 6 nitrogen and oxygen atoms in total. The molecule has 0 aliphatic rings. The van der Waals surface area contributed by atoms with Gasteiger partial charge in [-0.1, -0.05) is 30.0 Å². The van der Waals surface area contributed by atoms with Crippen LogP contribution in [0.2, 0.25) is 0 Å². The summed E-state index contributed by atoms with van der Waals surface area (Å²) in [5.74, 6) is 1.93. The van der Waals surface area contributed by atoms with Crippen molar-refractivity contribution in [3.8, 4) is 0 Å². The Labute approximate surface area is 101 Å². The van der Waals surface area contributed by atoms with Crippen LogP contribution in [0.5, 0.6) is 0 Å². The number of hydrogen-bond acceptors (Lipinski definition) is 8. The van der Waals surface area contributed by atoms with Crippen LogP contribution in [0.4, 0.5) is 5.13 Å². The normalized spacial score (nSPS) is 10.6. The van der Waals surface area contributed by atoms with E-state index in [1.54, 1.807) is 11.8 Å². The molecular formula is C8H11N5OS2. The fourth-order valence-electron chi connectivity index (χ4n) is 0.982. The van der Waals surface area contributed by atoms with Crippen molar-refractivity contribution < 1.29 is 4.42 Å². The van der Waals surface area contributed by atoms with Gasteiger partial charge in [-0.05, 0) is 0 Å². The number of aromatic nitrogens is 4. The molecule has 2 aromatic heterocycles. The lowest BCUT2D eigenvalue weighted by molar-refractivity contribution is 0.470. The summed E-state index contributed by atoms with van der Waals surface area (Å²) in [5.41, 5.74) is 0.